The van der Waals surface area contributed by atoms with Gasteiger partial charge >= 0.3 is 0 Å². The Balaban J connectivity index is 0.000000148. The third kappa shape index (κ3) is 22.8. The molecular formula is C105H145N39. The van der Waals surface area contributed by atoms with E-state index in [1.807, 2.05) is 58.3 Å². The van der Waals surface area contributed by atoms with E-state index in [2.05, 4.69) is 230 Å². The number of fused-ring (bicyclic) bond motifs is 6. The number of amidine groups is 6. The Labute approximate surface area is 842 Å². The normalized spacial score (nSPS) is 17.0. The Morgan fingerprint density at radius 1 is 0.292 bits per heavy atom. The standard InChI is InChI=1S/C37H51N13.C35H47N13.C33H47N13/c1-24-11-13-30-32(36(45-49(30)26(24)3)40-15-9-21-47-17-5-6-18-47)42-34-28(38)23-29(39)35(44-34)43-33-31-14-12-25(2)27(4)50(31)46-37(33)41-16-10-22-48-19-7-8-20-48;1-22-9-11-28-30(34(43-47(28)24(22)3)38-13-19-45-15-5-6-16-45)40-32-26(36)21-27(37)33(42-32)41-31-29-12-10-23(2)25(4)48(29)44-35(31)39-14-20-46-17-7-8-18-46;1-20-11-13-26-28(32(41-45(26)22(20)3)36-15-9-17-43(5)6)38-30-24(34)19-25(35)31(40-30)39-29-27-14-12-21(2)23(4)46(27)42-33(29)37-16-10-18-44(7)8/h11-14,23,38H,5-10,15-22,39H2,1-4H3,(H,40,45)(H,41,46)(H,42,43,44);9-12,21,36H,5-8,13-20,37H2,1-4H3,(H,38,43)(H,39,44)(H,40,41,42);11-14,19,34H,9-10,15-18,35H2,1-8H3,(H,36,41)(H,37,42)(H,38,39,40). The summed E-state index contributed by atoms with van der Waals surface area (Å²) in [6.45, 7) is 44.7. The number of nitrogens with one attached hydrogen (secondary N) is 12. The molecule has 0 aliphatic carbocycles. The van der Waals surface area contributed by atoms with Crippen molar-refractivity contribution in [2.75, 3.05) is 207 Å². The predicted octanol–water partition coefficient (Wildman–Crippen LogP) is 14.4. The molecule has 0 radical (unpaired) electrons. The minimum atomic E-state index is 0.159. The fraction of sp³-hybridized carbons (Fsp3) is 0.457. The maximum Gasteiger partial charge on any atom is 0.178 e. The molecule has 7 aliphatic heterocycles. The summed E-state index contributed by atoms with van der Waals surface area (Å²) in [7, 11) is 8.25. The number of aromatic nitrogens is 12. The topological polar surface area (TPSA) is 455 Å². The van der Waals surface area contributed by atoms with E-state index in [9.17, 15) is 0 Å². The number of dihydropyridines is 3. The Kier molecular flexibility index (Phi) is 31.7. The number of hydrogen-bond acceptors (Lipinski definition) is 30. The van der Waals surface area contributed by atoms with Crippen LogP contribution < -0.4 is 65.1 Å². The SMILES string of the molecule is Cc1ccc2c(N=C3N=C(Nc4c(NCCCN(C)C)nn5c(C)c(C)ccc45)C(=N)C=C3N)c(NCCCN(C)C)nn2c1C.Cc1ccc2c(N=C3N=C(Nc4c(NCCCN5CCCC5)nn5c(C)c(C)ccc45)C(=N)C=C3N)c(NCCCN3CCCC3)nn2c1C.Cc1ccc2c(N=C3N=C(Nc4c(NCCN5CCCC5)nn5c(C)c(C)ccc45)C(=N)C=C3N)c(NCCN3CCCC3)nn2c1C. The van der Waals surface area contributed by atoms with Gasteiger partial charge in [0.25, 0.3) is 0 Å². The van der Waals surface area contributed by atoms with E-state index in [1.165, 1.54) is 77.5 Å². The van der Waals surface area contributed by atoms with E-state index >= 15 is 0 Å². The summed E-state index contributed by atoms with van der Waals surface area (Å²) in [6, 6.07) is 24.8. The third-order valence-corrected chi connectivity index (χ3v) is 28.5. The molecule has 12 aromatic heterocycles. The number of nitrogens with zero attached hydrogens (tertiary/aromatic N) is 24. The molecule has 144 heavy (non-hydrogen) atoms. The average molecular weight is 1950 g/mol. The number of rotatable bonds is 34. The van der Waals surface area contributed by atoms with Crippen molar-refractivity contribution < 1.29 is 0 Å². The zero-order chi connectivity index (χ0) is 101. The molecule has 4 fully saturated rings. The van der Waals surface area contributed by atoms with E-state index in [0.717, 1.165) is 260 Å². The van der Waals surface area contributed by atoms with Crippen LogP contribution in [0.3, 0.4) is 0 Å². The summed E-state index contributed by atoms with van der Waals surface area (Å²) in [5, 5.41) is 87.6. The zero-order valence-corrected chi connectivity index (χ0v) is 86.8. The Bertz CT molecular complexity index is 7110. The number of nitrogens with two attached hydrogens (primary N) is 3. The lowest BCUT2D eigenvalue weighted by atomic mass is 10.2. The summed E-state index contributed by atoms with van der Waals surface area (Å²) in [5.41, 5.74) is 43.7. The smallest absolute Gasteiger partial charge is 0.178 e. The molecule has 0 atom stereocenters. The first-order chi connectivity index (χ1) is 69.5. The molecule has 0 aromatic carbocycles. The maximum atomic E-state index is 8.85. The highest BCUT2D eigenvalue weighted by Crippen LogP contribution is 2.39. The molecule has 18 N–H and O–H groups in total. The molecule has 7 aliphatic rings. The van der Waals surface area contributed by atoms with Crippen LogP contribution in [0.1, 0.15) is 145 Å². The molecule has 39 nitrogen and oxygen atoms in total. The third-order valence-electron chi connectivity index (χ3n) is 28.5. The first-order valence-electron chi connectivity index (χ1n) is 51.1. The molecule has 4 saturated heterocycles. The van der Waals surface area contributed by atoms with Crippen molar-refractivity contribution in [1.82, 2.24) is 87.1 Å². The fourth-order valence-electron chi connectivity index (χ4n) is 19.1. The molecule has 0 bridgehead atoms. The Morgan fingerprint density at radius 3 is 0.785 bits per heavy atom. The predicted molar refractivity (Wildman–Crippen MR) is 592 cm³/mol. The monoisotopic (exact) mass is 1950 g/mol. The van der Waals surface area contributed by atoms with Crippen LogP contribution in [0.5, 0.6) is 0 Å². The summed E-state index contributed by atoms with van der Waals surface area (Å²) < 4.78 is 11.6. The van der Waals surface area contributed by atoms with Gasteiger partial charge < -0.3 is 94.5 Å². The van der Waals surface area contributed by atoms with Crippen LogP contribution in [-0.2, 0) is 0 Å². The lowest BCUT2D eigenvalue weighted by molar-refractivity contribution is 0.337. The van der Waals surface area contributed by atoms with Crippen LogP contribution in [0, 0.1) is 99.3 Å². The minimum Gasteiger partial charge on any atom is -0.396 e. The van der Waals surface area contributed by atoms with E-state index in [1.54, 1.807) is 18.2 Å². The van der Waals surface area contributed by atoms with Gasteiger partial charge in [-0.3, -0.25) is 16.2 Å². The van der Waals surface area contributed by atoms with E-state index < -0.39 is 0 Å². The number of hydrogen-bond donors (Lipinski definition) is 15. The molecule has 12 aromatic rings. The van der Waals surface area contributed by atoms with Gasteiger partial charge in [0.05, 0.1) is 67.3 Å². The van der Waals surface area contributed by atoms with Crippen LogP contribution in [0.4, 0.5) is 69.0 Å². The molecule has 760 valence electrons. The van der Waals surface area contributed by atoms with Crippen molar-refractivity contribution in [2.24, 2.45) is 47.2 Å². The second kappa shape index (κ2) is 45.1. The number of aryl methyl sites for hydroxylation is 12. The minimum absolute atomic E-state index is 0.159. The number of aliphatic imine (C=N–C) groups is 6. The molecule has 19 rings (SSSR count). The lowest BCUT2D eigenvalue weighted by Crippen LogP contribution is -2.30. The van der Waals surface area contributed by atoms with Gasteiger partial charge in [-0.1, -0.05) is 36.4 Å². The highest BCUT2D eigenvalue weighted by Gasteiger charge is 2.31. The molecule has 0 spiro atoms. The van der Waals surface area contributed by atoms with E-state index in [-0.39, 0.29) is 17.1 Å². The highest BCUT2D eigenvalue weighted by atomic mass is 15.4. The van der Waals surface area contributed by atoms with Crippen molar-refractivity contribution in [3.63, 3.8) is 0 Å². The van der Waals surface area contributed by atoms with Crippen LogP contribution in [0.25, 0.3) is 33.1 Å². The zero-order valence-electron chi connectivity index (χ0n) is 86.8. The summed E-state index contributed by atoms with van der Waals surface area (Å²) in [4.78, 5) is 43.9. The molecule has 0 unspecified atom stereocenters. The van der Waals surface area contributed by atoms with Crippen molar-refractivity contribution in [3.8, 4) is 0 Å². The quantitative estimate of drug-likeness (QED) is 0.0167. The fourth-order valence-corrected chi connectivity index (χ4v) is 19.1. The van der Waals surface area contributed by atoms with Gasteiger partial charge in [-0.15, -0.1) is 30.6 Å². The van der Waals surface area contributed by atoms with Crippen molar-refractivity contribution in [2.45, 2.75) is 160 Å². The summed E-state index contributed by atoms with van der Waals surface area (Å²) >= 11 is 0. The Hall–Kier alpha value is -14.3. The summed E-state index contributed by atoms with van der Waals surface area (Å²) in [6.07, 6.45) is 18.9. The first-order valence-corrected chi connectivity index (χ1v) is 51.1. The van der Waals surface area contributed by atoms with Gasteiger partial charge in [0.15, 0.2) is 69.9 Å². The van der Waals surface area contributed by atoms with Gasteiger partial charge in [0.1, 0.15) is 34.1 Å². The first kappa shape index (κ1) is 101. The number of anilines is 9. The highest BCUT2D eigenvalue weighted by molar-refractivity contribution is 6.54. The largest absolute Gasteiger partial charge is 0.396 e. The van der Waals surface area contributed by atoms with Gasteiger partial charge in [-0.2, -0.15) is 0 Å². The number of pyridine rings is 6. The molecular weight excluding hydrogens is 1810 g/mol. The molecule has 39 heteroatoms. The van der Waals surface area contributed by atoms with E-state index in [4.69, 9.17) is 94.0 Å². The van der Waals surface area contributed by atoms with Crippen molar-refractivity contribution in [3.05, 3.63) is 176 Å². The molecule has 0 amide bonds. The van der Waals surface area contributed by atoms with Gasteiger partial charge in [-0.05, 0) is 355 Å². The molecule has 0 saturated carbocycles. The maximum absolute atomic E-state index is 8.85. The van der Waals surface area contributed by atoms with Crippen LogP contribution >= 0.6 is 0 Å². The van der Waals surface area contributed by atoms with Gasteiger partial charge in [0.2, 0.25) is 0 Å². The number of likely N-dealkylation sites (tertiary alicyclic amines) is 4. The molecule has 19 heterocycles. The van der Waals surface area contributed by atoms with Crippen molar-refractivity contribution >= 4 is 154 Å². The van der Waals surface area contributed by atoms with Crippen molar-refractivity contribution in [1.29, 1.82) is 16.2 Å². The second-order valence-electron chi connectivity index (χ2n) is 39.5. The average Bonchev–Trinajstić information content (AvgIpc) is 1.84. The van der Waals surface area contributed by atoms with Crippen LogP contribution in [0.2, 0.25) is 0 Å². The van der Waals surface area contributed by atoms with Gasteiger partial charge in [-0.25, -0.2) is 57.0 Å². The van der Waals surface area contributed by atoms with Crippen LogP contribution in [-0.4, -0.2) is 298 Å². The van der Waals surface area contributed by atoms with Gasteiger partial charge in [0, 0.05) is 86.5 Å². The van der Waals surface area contributed by atoms with Crippen LogP contribution in [0.15, 0.2) is 138 Å². The summed E-state index contributed by atoms with van der Waals surface area (Å²) in [5.74, 6) is 6.21. The second-order valence-corrected chi connectivity index (χ2v) is 39.5. The van der Waals surface area contributed by atoms with E-state index in [0.29, 0.717) is 92.4 Å². The Morgan fingerprint density at radius 2 is 0.514 bits per heavy atom. The lowest BCUT2D eigenvalue weighted by Gasteiger charge is -2.17.